The lowest BCUT2D eigenvalue weighted by Gasteiger charge is -1.96. The maximum absolute atomic E-state index is 8.17. The van der Waals surface area contributed by atoms with Gasteiger partial charge in [0.05, 0.1) is 13.2 Å². The molecule has 0 radical (unpaired) electrons. The maximum atomic E-state index is 8.17. The summed E-state index contributed by atoms with van der Waals surface area (Å²) >= 11 is 0. The minimum atomic E-state index is -0.954. The van der Waals surface area contributed by atoms with Crippen molar-refractivity contribution >= 4 is 0 Å². The molecule has 0 atom stereocenters. The van der Waals surface area contributed by atoms with Gasteiger partial charge in [0, 0.05) is 0 Å². The first kappa shape index (κ1) is 23.3. The summed E-state index contributed by atoms with van der Waals surface area (Å²) in [6.07, 6.45) is -0.954. The summed E-state index contributed by atoms with van der Waals surface area (Å²) in [5.41, 5.74) is 0. The average Bonchev–Trinajstić information content (AvgIpc) is 1.65. The van der Waals surface area contributed by atoms with Gasteiger partial charge in [0.1, 0.15) is 6.10 Å². The molecule has 62 valence electrons. The molecule has 0 aromatic heterocycles. The Kier molecular flexibility index (Phi) is 40.5. The molecule has 0 heterocycles. The third-order valence-electron chi connectivity index (χ3n) is 0.421. The molecule has 0 saturated heterocycles. The Bertz CT molecular complexity index is 27.5. The second-order valence-corrected chi connectivity index (χ2v) is 1.02. The third-order valence-corrected chi connectivity index (χ3v) is 0.421. The van der Waals surface area contributed by atoms with E-state index in [9.17, 15) is 0 Å². The minimum absolute atomic E-state index is 0. The molecule has 0 amide bonds. The molecule has 0 aliphatic heterocycles. The van der Waals surface area contributed by atoms with Crippen LogP contribution in [0.1, 0.15) is 0 Å². The van der Waals surface area contributed by atoms with Crippen LogP contribution in [0.15, 0.2) is 0 Å². The van der Waals surface area contributed by atoms with E-state index in [1.165, 1.54) is 0 Å². The fourth-order valence-electron chi connectivity index (χ4n) is 0.0577. The first-order valence-corrected chi connectivity index (χ1v) is 1.71. The van der Waals surface area contributed by atoms with E-state index in [0.717, 1.165) is 0 Å². The van der Waals surface area contributed by atoms with Crippen LogP contribution in [0.25, 0.3) is 0 Å². The van der Waals surface area contributed by atoms with Gasteiger partial charge in [-0.2, -0.15) is 0 Å². The second kappa shape index (κ2) is 15.7. The van der Waals surface area contributed by atoms with Gasteiger partial charge in [0.15, 0.2) is 0 Å². The van der Waals surface area contributed by atoms with Crippen LogP contribution in [0.3, 0.4) is 0 Å². The highest BCUT2D eigenvalue weighted by Crippen LogP contribution is 1.71. The molecule has 0 aromatic carbocycles. The molecule has 0 rings (SSSR count). The average molecular weight is 146 g/mol. The Hall–Kier alpha value is -0.240. The molecule has 6 nitrogen and oxygen atoms in total. The van der Waals surface area contributed by atoms with Crippen molar-refractivity contribution in [3.05, 3.63) is 0 Å². The molecule has 9 N–H and O–H groups in total. The van der Waals surface area contributed by atoms with Crippen LogP contribution in [0.4, 0.5) is 0 Å². The summed E-state index contributed by atoms with van der Waals surface area (Å²) in [7, 11) is 0. The van der Waals surface area contributed by atoms with E-state index in [1.807, 2.05) is 0 Å². The van der Waals surface area contributed by atoms with Crippen molar-refractivity contribution in [2.45, 2.75) is 6.10 Å². The highest BCUT2D eigenvalue weighted by Gasteiger charge is 1.93. The number of hydrogen-bond donors (Lipinski definition) is 3. The van der Waals surface area contributed by atoms with Crippen LogP contribution >= 0.6 is 0 Å². The van der Waals surface area contributed by atoms with Crippen LogP contribution in [0.5, 0.6) is 0 Å². The van der Waals surface area contributed by atoms with Gasteiger partial charge in [-0.3, -0.25) is 0 Å². The standard InChI is InChI=1S/C3H8O3.3H2O/c4-1-3(6)2-5;;;/h3-6H,1-2H2;3*1H2. The van der Waals surface area contributed by atoms with Crippen molar-refractivity contribution in [3.63, 3.8) is 0 Å². The minimum Gasteiger partial charge on any atom is -0.412 e. The molecule has 0 unspecified atom stereocenters. The van der Waals surface area contributed by atoms with E-state index < -0.39 is 6.10 Å². The number of rotatable bonds is 2. The normalized spacial score (nSPS) is 6.67. The van der Waals surface area contributed by atoms with Crippen LogP contribution in [-0.2, 0) is 0 Å². The van der Waals surface area contributed by atoms with Gasteiger partial charge in [-0.05, 0) is 0 Å². The monoisotopic (exact) mass is 146 g/mol. The molecular weight excluding hydrogens is 132 g/mol. The van der Waals surface area contributed by atoms with Gasteiger partial charge in [-0.25, -0.2) is 0 Å². The van der Waals surface area contributed by atoms with Crippen molar-refractivity contribution in [1.82, 2.24) is 0 Å². The van der Waals surface area contributed by atoms with E-state index in [4.69, 9.17) is 15.3 Å². The van der Waals surface area contributed by atoms with Crippen molar-refractivity contribution in [2.75, 3.05) is 13.2 Å². The van der Waals surface area contributed by atoms with Crippen LogP contribution in [0.2, 0.25) is 0 Å². The van der Waals surface area contributed by atoms with Gasteiger partial charge in [0.2, 0.25) is 0 Å². The fourth-order valence-corrected chi connectivity index (χ4v) is 0.0577. The highest BCUT2D eigenvalue weighted by atomic mass is 16.3. The number of aliphatic hydroxyl groups is 3. The molecule has 0 bridgehead atoms. The van der Waals surface area contributed by atoms with Crippen LogP contribution in [-0.4, -0.2) is 51.1 Å². The first-order valence-electron chi connectivity index (χ1n) is 1.71. The van der Waals surface area contributed by atoms with Gasteiger partial charge in [0.25, 0.3) is 0 Å². The van der Waals surface area contributed by atoms with Gasteiger partial charge < -0.3 is 31.7 Å². The topological polar surface area (TPSA) is 155 Å². The van der Waals surface area contributed by atoms with Crippen LogP contribution < -0.4 is 0 Å². The SMILES string of the molecule is O.O.O.OCC(O)CO. The van der Waals surface area contributed by atoms with E-state index in [1.54, 1.807) is 0 Å². The Morgan fingerprint density at radius 3 is 1.11 bits per heavy atom. The lowest BCUT2D eigenvalue weighted by atomic mass is 10.4. The summed E-state index contributed by atoms with van der Waals surface area (Å²) in [5, 5.41) is 24.0. The van der Waals surface area contributed by atoms with E-state index >= 15 is 0 Å². The fraction of sp³-hybridized carbons (Fsp3) is 1.00. The molecule has 0 spiro atoms. The Labute approximate surface area is 52.3 Å². The predicted molar refractivity (Wildman–Crippen MR) is 31.0 cm³/mol. The quantitative estimate of drug-likeness (QED) is 0.362. The largest absolute Gasteiger partial charge is 0.412 e. The second-order valence-electron chi connectivity index (χ2n) is 1.02. The van der Waals surface area contributed by atoms with E-state index in [2.05, 4.69) is 0 Å². The lowest BCUT2D eigenvalue weighted by Crippen LogP contribution is -2.15. The summed E-state index contributed by atoms with van der Waals surface area (Å²) in [5.74, 6) is 0. The molecule has 0 aliphatic rings. The van der Waals surface area contributed by atoms with E-state index in [0.29, 0.717) is 0 Å². The predicted octanol–water partition coefficient (Wildman–Crippen LogP) is -4.14. The summed E-state index contributed by atoms with van der Waals surface area (Å²) in [4.78, 5) is 0. The maximum Gasteiger partial charge on any atom is 0.100 e. The summed E-state index contributed by atoms with van der Waals surface area (Å²) in [6, 6.07) is 0. The molecule has 0 fully saturated rings. The Morgan fingerprint density at radius 1 is 0.889 bits per heavy atom. The summed E-state index contributed by atoms with van der Waals surface area (Å²) < 4.78 is 0. The zero-order valence-corrected chi connectivity index (χ0v) is 4.83. The zero-order chi connectivity index (χ0) is 4.99. The summed E-state index contributed by atoms with van der Waals surface area (Å²) in [6.45, 7) is -0.729. The van der Waals surface area contributed by atoms with Crippen molar-refractivity contribution in [2.24, 2.45) is 0 Å². The smallest absolute Gasteiger partial charge is 0.100 e. The van der Waals surface area contributed by atoms with Gasteiger partial charge in [-0.15, -0.1) is 0 Å². The highest BCUT2D eigenvalue weighted by molar-refractivity contribution is 4.43. The number of aliphatic hydroxyl groups excluding tert-OH is 3. The van der Waals surface area contributed by atoms with Gasteiger partial charge in [-0.1, -0.05) is 0 Å². The molecule has 0 aliphatic carbocycles. The van der Waals surface area contributed by atoms with Gasteiger partial charge >= 0.3 is 0 Å². The Balaban J connectivity index is -0.0000000417. The molecule has 0 saturated carbocycles. The zero-order valence-electron chi connectivity index (χ0n) is 4.83. The van der Waals surface area contributed by atoms with Crippen LogP contribution in [0, 0.1) is 0 Å². The van der Waals surface area contributed by atoms with Crippen molar-refractivity contribution < 1.29 is 31.7 Å². The first-order chi connectivity index (χ1) is 2.81. The van der Waals surface area contributed by atoms with E-state index in [-0.39, 0.29) is 29.6 Å². The van der Waals surface area contributed by atoms with Crippen molar-refractivity contribution in [3.8, 4) is 0 Å². The van der Waals surface area contributed by atoms with Crippen molar-refractivity contribution in [1.29, 1.82) is 0 Å². The molecule has 0 aromatic rings. The molecule has 6 heteroatoms. The lowest BCUT2D eigenvalue weighted by molar-refractivity contribution is 0.0450. The molecular formula is C3H14O6. The Morgan fingerprint density at radius 2 is 1.11 bits per heavy atom. The number of hydrogen-bond acceptors (Lipinski definition) is 3. The molecule has 9 heavy (non-hydrogen) atoms. The third kappa shape index (κ3) is 18.2.